The van der Waals surface area contributed by atoms with Gasteiger partial charge in [-0.3, -0.25) is 4.79 Å². The summed E-state index contributed by atoms with van der Waals surface area (Å²) in [6.45, 7) is 3.46. The topological polar surface area (TPSA) is 71.1 Å². The summed E-state index contributed by atoms with van der Waals surface area (Å²) >= 11 is 1.32. The number of nitrogens with one attached hydrogen (secondary N) is 1. The molecule has 34 heavy (non-hydrogen) atoms. The molecule has 0 saturated heterocycles. The van der Waals surface area contributed by atoms with Crippen LogP contribution in [-0.4, -0.2) is 63.8 Å². The number of hydrogen-bond acceptors (Lipinski definition) is 6. The van der Waals surface area contributed by atoms with Crippen LogP contribution in [0.5, 0.6) is 5.75 Å². The molecule has 0 aliphatic carbocycles. The molecule has 184 valence electrons. The summed E-state index contributed by atoms with van der Waals surface area (Å²) in [6, 6.07) is 11.6. The molecule has 9 heteroatoms. The number of halogens is 1. The summed E-state index contributed by atoms with van der Waals surface area (Å²) < 4.78 is 25.2. The first kappa shape index (κ1) is 25.8. The van der Waals surface area contributed by atoms with E-state index in [9.17, 15) is 14.0 Å². The smallest absolute Gasteiger partial charge is 0.407 e. The molecular weight excluding hydrogens is 457 g/mol. The van der Waals surface area contributed by atoms with E-state index in [0.29, 0.717) is 36.0 Å². The Kier molecular flexibility index (Phi) is 9.18. The Bertz CT molecular complexity index is 987. The number of fused-ring (bicyclic) bond motifs is 1. The summed E-state index contributed by atoms with van der Waals surface area (Å²) in [5.74, 6) is -0.0647. The largest absolute Gasteiger partial charge is 0.497 e. The zero-order chi connectivity index (χ0) is 24.7. The van der Waals surface area contributed by atoms with E-state index in [-0.39, 0.29) is 5.91 Å². The van der Waals surface area contributed by atoms with Crippen molar-refractivity contribution >= 4 is 29.4 Å². The highest BCUT2D eigenvalue weighted by Gasteiger charge is 2.41. The first-order valence-corrected chi connectivity index (χ1v) is 12.2. The number of unbranched alkanes of at least 4 members (excludes halogenated alkanes) is 1. The molecule has 2 atom stereocenters. The standard InChI is InChI=1S/C25H32FN3O4S/c1-5-6-13-27-25(31)33-22-23(17-7-10-19(32-4)11-8-17)34-21-16-18(26)9-12-20(21)29(24(22)30)15-14-28(2)3/h7-12,16,22-23H,5-6,13-15H2,1-4H3,(H,27,31). The van der Waals surface area contributed by atoms with E-state index in [1.54, 1.807) is 30.2 Å². The zero-order valence-electron chi connectivity index (χ0n) is 20.0. The summed E-state index contributed by atoms with van der Waals surface area (Å²) in [6.07, 6.45) is -0.0100. The van der Waals surface area contributed by atoms with Crippen molar-refractivity contribution in [2.45, 2.75) is 36.0 Å². The number of hydrogen-bond donors (Lipinski definition) is 1. The van der Waals surface area contributed by atoms with Gasteiger partial charge in [0.15, 0.2) is 6.10 Å². The molecule has 2 aromatic carbocycles. The van der Waals surface area contributed by atoms with Crippen LogP contribution in [-0.2, 0) is 9.53 Å². The Hall–Kier alpha value is -2.78. The van der Waals surface area contributed by atoms with Crippen LogP contribution < -0.4 is 15.0 Å². The van der Waals surface area contributed by atoms with Gasteiger partial charge in [0.1, 0.15) is 11.6 Å². The number of carbonyl (C=O) groups is 2. The van der Waals surface area contributed by atoms with E-state index >= 15 is 0 Å². The molecule has 2 amide bonds. The zero-order valence-corrected chi connectivity index (χ0v) is 20.9. The van der Waals surface area contributed by atoms with Gasteiger partial charge in [-0.15, -0.1) is 11.8 Å². The van der Waals surface area contributed by atoms with Crippen molar-refractivity contribution in [3.63, 3.8) is 0 Å². The van der Waals surface area contributed by atoms with Crippen molar-refractivity contribution in [2.75, 3.05) is 45.7 Å². The van der Waals surface area contributed by atoms with Crippen LogP contribution in [0.1, 0.15) is 30.6 Å². The normalized spacial score (nSPS) is 17.8. The summed E-state index contributed by atoms with van der Waals surface area (Å²) in [5.41, 5.74) is 1.38. The van der Waals surface area contributed by atoms with E-state index in [2.05, 4.69) is 5.32 Å². The molecule has 2 unspecified atom stereocenters. The molecule has 0 bridgehead atoms. The molecular formula is C25H32FN3O4S. The number of alkyl carbamates (subject to hydrolysis) is 1. The number of likely N-dealkylation sites (N-methyl/N-ethyl adjacent to an activating group) is 1. The number of benzene rings is 2. The van der Waals surface area contributed by atoms with Gasteiger partial charge in [-0.1, -0.05) is 25.5 Å². The van der Waals surface area contributed by atoms with Crippen molar-refractivity contribution < 1.29 is 23.5 Å². The average molecular weight is 490 g/mol. The Morgan fingerprint density at radius 3 is 2.59 bits per heavy atom. The third kappa shape index (κ3) is 6.42. The molecule has 0 aromatic heterocycles. The molecule has 1 aliphatic rings. The molecule has 2 aromatic rings. The Labute approximate surface area is 204 Å². The van der Waals surface area contributed by atoms with Crippen LogP contribution in [0.15, 0.2) is 47.4 Å². The second-order valence-electron chi connectivity index (χ2n) is 8.32. The Morgan fingerprint density at radius 2 is 1.94 bits per heavy atom. The fourth-order valence-electron chi connectivity index (χ4n) is 3.61. The third-order valence-electron chi connectivity index (χ3n) is 5.50. The van der Waals surface area contributed by atoms with Gasteiger partial charge in [-0.25, -0.2) is 9.18 Å². The van der Waals surface area contributed by atoms with Crippen LogP contribution >= 0.6 is 11.8 Å². The van der Waals surface area contributed by atoms with Crippen molar-refractivity contribution in [2.24, 2.45) is 0 Å². The molecule has 0 radical (unpaired) electrons. The highest BCUT2D eigenvalue weighted by Crippen LogP contribution is 2.47. The Balaban J connectivity index is 2.02. The summed E-state index contributed by atoms with van der Waals surface area (Å²) in [7, 11) is 5.41. The van der Waals surface area contributed by atoms with Crippen LogP contribution in [0.4, 0.5) is 14.9 Å². The molecule has 7 nitrogen and oxygen atoms in total. The van der Waals surface area contributed by atoms with Crippen LogP contribution in [0, 0.1) is 5.82 Å². The van der Waals surface area contributed by atoms with Gasteiger partial charge < -0.3 is 24.6 Å². The van der Waals surface area contributed by atoms with Crippen molar-refractivity contribution in [1.29, 1.82) is 0 Å². The fraction of sp³-hybridized carbons (Fsp3) is 0.440. The van der Waals surface area contributed by atoms with Crippen molar-refractivity contribution in [1.82, 2.24) is 10.2 Å². The lowest BCUT2D eigenvalue weighted by molar-refractivity contribution is -0.126. The maximum atomic E-state index is 14.2. The van der Waals surface area contributed by atoms with Gasteiger partial charge in [-0.2, -0.15) is 0 Å². The highest BCUT2D eigenvalue weighted by atomic mass is 32.2. The lowest BCUT2D eigenvalue weighted by Crippen LogP contribution is -2.46. The molecule has 0 spiro atoms. The van der Waals surface area contributed by atoms with Gasteiger partial charge in [0.2, 0.25) is 0 Å². The minimum atomic E-state index is -1.10. The molecule has 1 N–H and O–H groups in total. The highest BCUT2D eigenvalue weighted by molar-refractivity contribution is 7.99. The second-order valence-corrected chi connectivity index (χ2v) is 9.51. The lowest BCUT2D eigenvalue weighted by atomic mass is 10.1. The number of rotatable bonds is 9. The maximum absolute atomic E-state index is 14.2. The summed E-state index contributed by atoms with van der Waals surface area (Å²) in [5, 5.41) is 2.16. The number of anilines is 1. The average Bonchev–Trinajstić information content (AvgIpc) is 2.92. The number of ether oxygens (including phenoxy) is 2. The van der Waals surface area contributed by atoms with E-state index in [1.165, 1.54) is 23.9 Å². The number of amides is 2. The van der Waals surface area contributed by atoms with Gasteiger partial charge in [0, 0.05) is 24.5 Å². The molecule has 0 saturated carbocycles. The molecule has 1 heterocycles. The Morgan fingerprint density at radius 1 is 1.21 bits per heavy atom. The lowest BCUT2D eigenvalue weighted by Gasteiger charge is -2.28. The van der Waals surface area contributed by atoms with E-state index in [4.69, 9.17) is 9.47 Å². The van der Waals surface area contributed by atoms with Crippen LogP contribution in [0.2, 0.25) is 0 Å². The van der Waals surface area contributed by atoms with Crippen molar-refractivity contribution in [3.05, 3.63) is 53.8 Å². The summed E-state index contributed by atoms with van der Waals surface area (Å²) in [4.78, 5) is 30.6. The third-order valence-corrected chi connectivity index (χ3v) is 6.85. The van der Waals surface area contributed by atoms with Crippen LogP contribution in [0.3, 0.4) is 0 Å². The first-order chi connectivity index (χ1) is 16.3. The first-order valence-electron chi connectivity index (χ1n) is 11.3. The van der Waals surface area contributed by atoms with Gasteiger partial charge >= 0.3 is 6.09 Å². The molecule has 3 rings (SSSR count). The fourth-order valence-corrected chi connectivity index (χ4v) is 4.95. The van der Waals surface area contributed by atoms with Crippen LogP contribution in [0.25, 0.3) is 0 Å². The van der Waals surface area contributed by atoms with E-state index in [1.807, 2.05) is 38.1 Å². The number of carbonyl (C=O) groups excluding carboxylic acids is 2. The quantitative estimate of drug-likeness (QED) is 0.524. The van der Waals surface area contributed by atoms with E-state index in [0.717, 1.165) is 18.4 Å². The molecule has 0 fully saturated rings. The van der Waals surface area contributed by atoms with Gasteiger partial charge in [-0.05, 0) is 56.4 Å². The second kappa shape index (κ2) is 12.1. The minimum Gasteiger partial charge on any atom is -0.497 e. The SMILES string of the molecule is CCCCNC(=O)OC1C(=O)N(CCN(C)C)c2ccc(F)cc2SC1c1ccc(OC)cc1. The predicted octanol–water partition coefficient (Wildman–Crippen LogP) is 4.47. The van der Waals surface area contributed by atoms with Gasteiger partial charge in [0.25, 0.3) is 5.91 Å². The van der Waals surface area contributed by atoms with Crippen molar-refractivity contribution in [3.8, 4) is 5.75 Å². The number of thioether (sulfide) groups is 1. The van der Waals surface area contributed by atoms with Gasteiger partial charge in [0.05, 0.1) is 18.0 Å². The monoisotopic (exact) mass is 489 g/mol. The maximum Gasteiger partial charge on any atom is 0.407 e. The minimum absolute atomic E-state index is 0.342. The molecule has 1 aliphatic heterocycles. The number of methoxy groups -OCH3 is 1. The number of nitrogens with zero attached hydrogens (tertiary/aromatic N) is 2. The van der Waals surface area contributed by atoms with E-state index < -0.39 is 23.3 Å². The predicted molar refractivity (Wildman–Crippen MR) is 132 cm³/mol.